The maximum absolute atomic E-state index is 13.2. The third-order valence-corrected chi connectivity index (χ3v) is 3.44. The second-order valence-corrected chi connectivity index (χ2v) is 4.94. The molecule has 1 aliphatic carbocycles. The van der Waals surface area contributed by atoms with Crippen LogP contribution in [0.15, 0.2) is 18.2 Å². The number of methoxy groups -OCH3 is 1. The minimum atomic E-state index is -0.455. The van der Waals surface area contributed by atoms with E-state index in [0.29, 0.717) is 11.5 Å². The highest BCUT2D eigenvalue weighted by atomic mass is 19.1. The monoisotopic (exact) mass is 251 g/mol. The predicted octanol–water partition coefficient (Wildman–Crippen LogP) is 2.75. The number of hydrogen-bond donors (Lipinski definition) is 1. The molecule has 0 radical (unpaired) electrons. The van der Waals surface area contributed by atoms with Gasteiger partial charge in [-0.05, 0) is 43.4 Å². The molecule has 1 aromatic rings. The second kappa shape index (κ2) is 5.38. The van der Waals surface area contributed by atoms with Crippen LogP contribution in [0.25, 0.3) is 0 Å². The highest BCUT2D eigenvalue weighted by molar-refractivity contribution is 5.94. The van der Waals surface area contributed by atoms with Gasteiger partial charge in [-0.25, -0.2) is 4.39 Å². The van der Waals surface area contributed by atoms with Gasteiger partial charge in [0, 0.05) is 11.6 Å². The van der Waals surface area contributed by atoms with E-state index in [1.54, 1.807) is 0 Å². The lowest BCUT2D eigenvalue weighted by molar-refractivity contribution is 0.0937. The Hall–Kier alpha value is -1.58. The minimum Gasteiger partial charge on any atom is -0.494 e. The molecule has 2 unspecified atom stereocenters. The first kappa shape index (κ1) is 12.9. The molecule has 0 aliphatic heterocycles. The fourth-order valence-corrected chi connectivity index (χ4v) is 2.41. The van der Waals surface area contributed by atoms with Crippen molar-refractivity contribution in [2.75, 3.05) is 7.11 Å². The first-order valence-corrected chi connectivity index (χ1v) is 6.24. The van der Waals surface area contributed by atoms with Gasteiger partial charge in [-0.1, -0.05) is 6.92 Å². The number of rotatable bonds is 3. The van der Waals surface area contributed by atoms with Crippen LogP contribution in [0.2, 0.25) is 0 Å². The van der Waals surface area contributed by atoms with Crippen LogP contribution in [0.4, 0.5) is 4.39 Å². The van der Waals surface area contributed by atoms with Crippen molar-refractivity contribution in [2.45, 2.75) is 32.2 Å². The zero-order valence-electron chi connectivity index (χ0n) is 10.7. The van der Waals surface area contributed by atoms with E-state index in [1.807, 2.05) is 0 Å². The third-order valence-electron chi connectivity index (χ3n) is 3.44. The number of carbonyl (C=O) groups is 1. The number of halogens is 1. The Morgan fingerprint density at radius 2 is 2.22 bits per heavy atom. The number of amides is 1. The van der Waals surface area contributed by atoms with Crippen molar-refractivity contribution in [3.05, 3.63) is 29.6 Å². The molecule has 1 amide bonds. The summed E-state index contributed by atoms with van der Waals surface area (Å²) < 4.78 is 18.1. The topological polar surface area (TPSA) is 38.3 Å². The lowest BCUT2D eigenvalue weighted by atomic mass is 10.1. The largest absolute Gasteiger partial charge is 0.494 e. The highest BCUT2D eigenvalue weighted by Gasteiger charge is 2.23. The van der Waals surface area contributed by atoms with E-state index in [4.69, 9.17) is 4.74 Å². The Morgan fingerprint density at radius 3 is 2.83 bits per heavy atom. The van der Waals surface area contributed by atoms with Crippen molar-refractivity contribution >= 4 is 5.91 Å². The first-order valence-electron chi connectivity index (χ1n) is 6.24. The van der Waals surface area contributed by atoms with Crippen molar-refractivity contribution in [2.24, 2.45) is 5.92 Å². The van der Waals surface area contributed by atoms with Crippen LogP contribution in [-0.4, -0.2) is 19.1 Å². The minimum absolute atomic E-state index is 0.0995. The van der Waals surface area contributed by atoms with Crippen molar-refractivity contribution in [3.8, 4) is 5.75 Å². The van der Waals surface area contributed by atoms with E-state index in [0.717, 1.165) is 19.3 Å². The Balaban J connectivity index is 2.04. The number of carbonyl (C=O) groups excluding carboxylic acids is 1. The molecule has 4 heteroatoms. The Labute approximate surface area is 106 Å². The van der Waals surface area contributed by atoms with Gasteiger partial charge < -0.3 is 10.1 Å². The lowest BCUT2D eigenvalue weighted by Gasteiger charge is -2.13. The van der Waals surface area contributed by atoms with Gasteiger partial charge in [0.05, 0.1) is 7.11 Å². The van der Waals surface area contributed by atoms with Gasteiger partial charge in [0.15, 0.2) is 11.6 Å². The molecule has 1 fully saturated rings. The second-order valence-electron chi connectivity index (χ2n) is 4.94. The summed E-state index contributed by atoms with van der Waals surface area (Å²) in [5.74, 6) is 0.149. The summed E-state index contributed by atoms with van der Waals surface area (Å²) in [6, 6.07) is 4.41. The van der Waals surface area contributed by atoms with E-state index in [1.165, 1.54) is 25.3 Å². The van der Waals surface area contributed by atoms with Crippen molar-refractivity contribution < 1.29 is 13.9 Å². The highest BCUT2D eigenvalue weighted by Crippen LogP contribution is 2.25. The number of benzene rings is 1. The molecule has 3 nitrogen and oxygen atoms in total. The number of ether oxygens (including phenoxy) is 1. The SMILES string of the molecule is COc1cc(C(=O)NC2CCC(C)C2)ccc1F. The molecule has 1 N–H and O–H groups in total. The van der Waals surface area contributed by atoms with Crippen LogP contribution in [0.3, 0.4) is 0 Å². The van der Waals surface area contributed by atoms with Crippen LogP contribution in [0.1, 0.15) is 36.5 Å². The van der Waals surface area contributed by atoms with Crippen molar-refractivity contribution in [1.82, 2.24) is 5.32 Å². The van der Waals surface area contributed by atoms with Crippen molar-refractivity contribution in [1.29, 1.82) is 0 Å². The average Bonchev–Trinajstić information content (AvgIpc) is 2.75. The Kier molecular flexibility index (Phi) is 3.84. The van der Waals surface area contributed by atoms with Crippen LogP contribution in [0, 0.1) is 11.7 Å². The molecule has 2 atom stereocenters. The molecule has 0 aromatic heterocycles. The van der Waals surface area contributed by atoms with E-state index < -0.39 is 5.82 Å². The molecular weight excluding hydrogens is 233 g/mol. The molecule has 1 aliphatic rings. The summed E-state index contributed by atoms with van der Waals surface area (Å²) in [6.07, 6.45) is 3.19. The summed E-state index contributed by atoms with van der Waals surface area (Å²) in [7, 11) is 1.39. The molecule has 1 aromatic carbocycles. The average molecular weight is 251 g/mol. The quantitative estimate of drug-likeness (QED) is 0.897. The van der Waals surface area contributed by atoms with Crippen LogP contribution >= 0.6 is 0 Å². The predicted molar refractivity (Wildman–Crippen MR) is 67.2 cm³/mol. The van der Waals surface area contributed by atoms with E-state index >= 15 is 0 Å². The van der Waals surface area contributed by atoms with Crippen LogP contribution < -0.4 is 10.1 Å². The molecule has 0 spiro atoms. The van der Waals surface area contributed by atoms with Crippen LogP contribution in [0.5, 0.6) is 5.75 Å². The zero-order chi connectivity index (χ0) is 13.1. The fourth-order valence-electron chi connectivity index (χ4n) is 2.41. The molecule has 98 valence electrons. The normalized spacial score (nSPS) is 22.8. The molecular formula is C14H18FNO2. The van der Waals surface area contributed by atoms with E-state index in [9.17, 15) is 9.18 Å². The maximum atomic E-state index is 13.2. The fraction of sp³-hybridized carbons (Fsp3) is 0.500. The number of hydrogen-bond acceptors (Lipinski definition) is 2. The summed E-state index contributed by atoms with van der Waals surface area (Å²) in [4.78, 5) is 12.0. The summed E-state index contributed by atoms with van der Waals surface area (Å²) in [6.45, 7) is 2.19. The standard InChI is InChI=1S/C14H18FNO2/c1-9-3-5-11(7-9)16-14(17)10-4-6-12(15)13(8-10)18-2/h4,6,8-9,11H,3,5,7H2,1-2H3,(H,16,17). The van der Waals surface area contributed by atoms with E-state index in [-0.39, 0.29) is 17.7 Å². The molecule has 2 rings (SSSR count). The molecule has 0 saturated heterocycles. The van der Waals surface area contributed by atoms with Gasteiger partial charge in [-0.2, -0.15) is 0 Å². The van der Waals surface area contributed by atoms with Gasteiger partial charge in [0.1, 0.15) is 0 Å². The van der Waals surface area contributed by atoms with Crippen molar-refractivity contribution in [3.63, 3.8) is 0 Å². The van der Waals surface area contributed by atoms with Gasteiger partial charge in [0.2, 0.25) is 0 Å². The van der Waals surface area contributed by atoms with E-state index in [2.05, 4.69) is 12.2 Å². The Bertz CT molecular complexity index is 447. The molecule has 0 bridgehead atoms. The van der Waals surface area contributed by atoms with Gasteiger partial charge in [-0.15, -0.1) is 0 Å². The summed E-state index contributed by atoms with van der Waals surface area (Å²) in [5, 5.41) is 2.98. The zero-order valence-corrected chi connectivity index (χ0v) is 10.7. The van der Waals surface area contributed by atoms with Gasteiger partial charge >= 0.3 is 0 Å². The Morgan fingerprint density at radius 1 is 1.44 bits per heavy atom. The van der Waals surface area contributed by atoms with Gasteiger partial charge in [0.25, 0.3) is 5.91 Å². The molecule has 1 saturated carbocycles. The molecule has 18 heavy (non-hydrogen) atoms. The first-order chi connectivity index (χ1) is 8.60. The summed E-state index contributed by atoms with van der Waals surface area (Å²) >= 11 is 0. The smallest absolute Gasteiger partial charge is 0.251 e. The molecule has 0 heterocycles. The van der Waals surface area contributed by atoms with Gasteiger partial charge in [-0.3, -0.25) is 4.79 Å². The maximum Gasteiger partial charge on any atom is 0.251 e. The summed E-state index contributed by atoms with van der Waals surface area (Å²) in [5.41, 5.74) is 0.438. The van der Waals surface area contributed by atoms with Crippen LogP contribution in [-0.2, 0) is 0 Å². The lowest BCUT2D eigenvalue weighted by Crippen LogP contribution is -2.32. The number of nitrogens with one attached hydrogen (secondary N) is 1. The third kappa shape index (κ3) is 2.81.